The number of hydrogen-bond donors (Lipinski definition) is 0. The summed E-state index contributed by atoms with van der Waals surface area (Å²) in [4.78, 5) is 13.4. The molecule has 1 aromatic heterocycles. The van der Waals surface area contributed by atoms with Gasteiger partial charge in [0, 0.05) is 6.42 Å². The van der Waals surface area contributed by atoms with Gasteiger partial charge in [-0.25, -0.2) is 0 Å². The number of ether oxygens (including phenoxy) is 1. The van der Waals surface area contributed by atoms with E-state index in [2.05, 4.69) is 17.1 Å². The van der Waals surface area contributed by atoms with Crippen LogP contribution in [0.2, 0.25) is 0 Å². The molecule has 18 heavy (non-hydrogen) atoms. The molecule has 0 aromatic carbocycles. The molecular weight excluding hydrogens is 234 g/mol. The summed E-state index contributed by atoms with van der Waals surface area (Å²) in [5.74, 6) is 0.948. The Morgan fingerprint density at radius 1 is 1.28 bits per heavy atom. The third-order valence-corrected chi connectivity index (χ3v) is 2.37. The zero-order valence-electron chi connectivity index (χ0n) is 11.3. The van der Waals surface area contributed by atoms with Gasteiger partial charge in [-0.3, -0.25) is 9.69 Å². The first kappa shape index (κ1) is 14.6. The first-order valence-electron chi connectivity index (χ1n) is 6.38. The molecule has 0 amide bonds. The van der Waals surface area contributed by atoms with Crippen molar-refractivity contribution in [1.29, 1.82) is 0 Å². The Balaban J connectivity index is 2.53. The maximum Gasteiger partial charge on any atom is 0.320 e. The summed E-state index contributed by atoms with van der Waals surface area (Å²) in [5.41, 5.74) is 0. The summed E-state index contributed by atoms with van der Waals surface area (Å²) in [6.45, 7) is 7.75. The molecule has 6 heteroatoms. The molecule has 0 aliphatic carbocycles. The molecule has 0 saturated heterocycles. The van der Waals surface area contributed by atoms with Crippen LogP contribution in [0, 0.1) is 0 Å². The van der Waals surface area contributed by atoms with E-state index in [9.17, 15) is 4.79 Å². The molecule has 1 rings (SSSR count). The highest BCUT2D eigenvalue weighted by Gasteiger charge is 2.14. The Kier molecular flexibility index (Phi) is 6.35. The van der Waals surface area contributed by atoms with Gasteiger partial charge in [0.2, 0.25) is 11.8 Å². The second-order valence-electron chi connectivity index (χ2n) is 3.96. The highest BCUT2D eigenvalue weighted by atomic mass is 16.5. The van der Waals surface area contributed by atoms with Crippen molar-refractivity contribution in [3.63, 3.8) is 0 Å². The van der Waals surface area contributed by atoms with Crippen molar-refractivity contribution in [1.82, 2.24) is 15.1 Å². The van der Waals surface area contributed by atoms with Crippen LogP contribution in [-0.4, -0.2) is 40.8 Å². The fourth-order valence-electron chi connectivity index (χ4n) is 1.61. The Morgan fingerprint density at radius 2 is 2.00 bits per heavy atom. The van der Waals surface area contributed by atoms with Crippen LogP contribution in [0.4, 0.5) is 0 Å². The van der Waals surface area contributed by atoms with E-state index >= 15 is 0 Å². The summed E-state index contributed by atoms with van der Waals surface area (Å²) in [7, 11) is 0. The number of carbonyl (C=O) groups excluding carboxylic acids is 1. The van der Waals surface area contributed by atoms with E-state index < -0.39 is 0 Å². The Bertz CT molecular complexity index is 365. The van der Waals surface area contributed by atoms with Crippen molar-refractivity contribution in [2.24, 2.45) is 0 Å². The molecule has 0 aliphatic heterocycles. The average Bonchev–Trinajstić information content (AvgIpc) is 2.77. The van der Waals surface area contributed by atoms with Gasteiger partial charge < -0.3 is 9.15 Å². The smallest absolute Gasteiger partial charge is 0.320 e. The van der Waals surface area contributed by atoms with E-state index in [4.69, 9.17) is 9.15 Å². The molecule has 1 heterocycles. The highest BCUT2D eigenvalue weighted by Crippen LogP contribution is 2.05. The third-order valence-electron chi connectivity index (χ3n) is 2.37. The summed E-state index contributed by atoms with van der Waals surface area (Å²) in [6.07, 6.45) is 1.67. The van der Waals surface area contributed by atoms with Crippen molar-refractivity contribution >= 4 is 5.97 Å². The summed E-state index contributed by atoms with van der Waals surface area (Å²) in [6, 6.07) is 0. The van der Waals surface area contributed by atoms with E-state index in [-0.39, 0.29) is 12.5 Å². The lowest BCUT2D eigenvalue weighted by Gasteiger charge is -2.18. The molecule has 6 nitrogen and oxygen atoms in total. The van der Waals surface area contributed by atoms with Crippen LogP contribution >= 0.6 is 0 Å². The lowest BCUT2D eigenvalue weighted by atomic mass is 10.4. The normalized spacial score (nSPS) is 10.9. The van der Waals surface area contributed by atoms with Gasteiger partial charge in [-0.05, 0) is 19.9 Å². The zero-order chi connectivity index (χ0) is 13.4. The molecule has 0 aliphatic rings. The van der Waals surface area contributed by atoms with Gasteiger partial charge in [0.05, 0.1) is 19.7 Å². The molecule has 1 aromatic rings. The number of nitrogens with zero attached hydrogens (tertiary/aromatic N) is 3. The molecular formula is C12H21N3O3. The quantitative estimate of drug-likeness (QED) is 0.654. The average molecular weight is 255 g/mol. The third kappa shape index (κ3) is 4.83. The summed E-state index contributed by atoms with van der Waals surface area (Å²) >= 11 is 0. The van der Waals surface area contributed by atoms with Gasteiger partial charge in [0.15, 0.2) is 0 Å². The highest BCUT2D eigenvalue weighted by molar-refractivity contribution is 5.71. The van der Waals surface area contributed by atoms with Crippen molar-refractivity contribution < 1.29 is 13.9 Å². The lowest BCUT2D eigenvalue weighted by molar-refractivity contribution is -0.144. The fraction of sp³-hybridized carbons (Fsp3) is 0.750. The fourth-order valence-corrected chi connectivity index (χ4v) is 1.61. The van der Waals surface area contributed by atoms with E-state index in [1.54, 1.807) is 6.92 Å². The van der Waals surface area contributed by atoms with E-state index in [1.165, 1.54) is 0 Å². The second kappa shape index (κ2) is 7.81. The van der Waals surface area contributed by atoms with E-state index in [0.29, 0.717) is 24.9 Å². The first-order valence-corrected chi connectivity index (χ1v) is 6.38. The van der Waals surface area contributed by atoms with Crippen LogP contribution in [0.25, 0.3) is 0 Å². The molecule has 0 radical (unpaired) electrons. The Labute approximate surface area is 107 Å². The minimum absolute atomic E-state index is 0.221. The number of aromatic nitrogens is 2. The number of hydrogen-bond acceptors (Lipinski definition) is 6. The zero-order valence-corrected chi connectivity index (χ0v) is 11.3. The molecule has 0 spiro atoms. The standard InChI is InChI=1S/C12H21N3O3/c1-4-7-15(9-12(16)17-6-3)8-11-14-13-10(5-2)18-11/h4-9H2,1-3H3. The summed E-state index contributed by atoms with van der Waals surface area (Å²) in [5, 5.41) is 7.86. The molecule has 0 atom stereocenters. The predicted octanol–water partition coefficient (Wildman–Crippen LogP) is 1.41. The molecule has 0 bridgehead atoms. The maximum atomic E-state index is 11.4. The number of carbonyl (C=O) groups is 1. The predicted molar refractivity (Wildman–Crippen MR) is 65.9 cm³/mol. The second-order valence-corrected chi connectivity index (χ2v) is 3.96. The number of esters is 1. The molecule has 0 unspecified atom stereocenters. The van der Waals surface area contributed by atoms with Gasteiger partial charge in [0.1, 0.15) is 0 Å². The Morgan fingerprint density at radius 3 is 2.56 bits per heavy atom. The van der Waals surface area contributed by atoms with Gasteiger partial charge in [-0.1, -0.05) is 13.8 Å². The lowest BCUT2D eigenvalue weighted by Crippen LogP contribution is -2.31. The minimum Gasteiger partial charge on any atom is -0.465 e. The van der Waals surface area contributed by atoms with Gasteiger partial charge >= 0.3 is 5.97 Å². The van der Waals surface area contributed by atoms with Gasteiger partial charge in [-0.15, -0.1) is 10.2 Å². The van der Waals surface area contributed by atoms with Crippen LogP contribution in [0.5, 0.6) is 0 Å². The van der Waals surface area contributed by atoms with Gasteiger partial charge in [-0.2, -0.15) is 0 Å². The van der Waals surface area contributed by atoms with Gasteiger partial charge in [0.25, 0.3) is 0 Å². The van der Waals surface area contributed by atoms with Crippen LogP contribution in [0.1, 0.15) is 39.0 Å². The minimum atomic E-state index is -0.221. The maximum absolute atomic E-state index is 11.4. The van der Waals surface area contributed by atoms with Crippen LogP contribution < -0.4 is 0 Å². The van der Waals surface area contributed by atoms with Crippen molar-refractivity contribution in [3.05, 3.63) is 11.8 Å². The van der Waals surface area contributed by atoms with Crippen LogP contribution in [0.3, 0.4) is 0 Å². The van der Waals surface area contributed by atoms with Crippen LogP contribution in [0.15, 0.2) is 4.42 Å². The van der Waals surface area contributed by atoms with Crippen LogP contribution in [-0.2, 0) is 22.5 Å². The Hall–Kier alpha value is -1.43. The van der Waals surface area contributed by atoms with Crippen molar-refractivity contribution in [3.8, 4) is 0 Å². The van der Waals surface area contributed by atoms with Crippen molar-refractivity contribution in [2.45, 2.75) is 40.2 Å². The van der Waals surface area contributed by atoms with Crippen molar-refractivity contribution in [2.75, 3.05) is 19.7 Å². The van der Waals surface area contributed by atoms with E-state index in [1.807, 2.05) is 11.8 Å². The molecule has 0 fully saturated rings. The molecule has 102 valence electrons. The largest absolute Gasteiger partial charge is 0.465 e. The monoisotopic (exact) mass is 255 g/mol. The molecule has 0 saturated carbocycles. The molecule has 0 N–H and O–H groups in total. The summed E-state index contributed by atoms with van der Waals surface area (Å²) < 4.78 is 10.4. The number of rotatable bonds is 8. The topological polar surface area (TPSA) is 68.5 Å². The SMILES string of the molecule is CCCN(CC(=O)OCC)Cc1nnc(CC)o1. The first-order chi connectivity index (χ1) is 8.69. The van der Waals surface area contributed by atoms with E-state index in [0.717, 1.165) is 19.4 Å². The number of aryl methyl sites for hydroxylation is 1.